The topological polar surface area (TPSA) is 58.6 Å². The van der Waals surface area contributed by atoms with Gasteiger partial charge in [-0.15, -0.1) is 0 Å². The van der Waals surface area contributed by atoms with Gasteiger partial charge in [0.1, 0.15) is 11.8 Å². The van der Waals surface area contributed by atoms with E-state index < -0.39 is 6.04 Å². The van der Waals surface area contributed by atoms with Gasteiger partial charge in [0.25, 0.3) is 0 Å². The Morgan fingerprint density at radius 1 is 1.10 bits per heavy atom. The van der Waals surface area contributed by atoms with E-state index in [-0.39, 0.29) is 11.8 Å². The van der Waals surface area contributed by atoms with E-state index in [0.29, 0.717) is 44.0 Å². The third-order valence-electron chi connectivity index (χ3n) is 4.96. The molecule has 2 aromatic carbocycles. The van der Waals surface area contributed by atoms with Crippen LogP contribution in [0.15, 0.2) is 48.5 Å². The van der Waals surface area contributed by atoms with Crippen molar-refractivity contribution in [2.75, 3.05) is 13.2 Å². The molecule has 1 N–H and O–H groups in total. The second-order valence-corrected chi connectivity index (χ2v) is 7.61. The van der Waals surface area contributed by atoms with Crippen molar-refractivity contribution in [3.63, 3.8) is 0 Å². The Labute approximate surface area is 184 Å². The molecule has 0 aliphatic rings. The molecule has 0 aliphatic carbocycles. The first kappa shape index (κ1) is 23.7. The number of carbonyl (C=O) groups is 2. The zero-order chi connectivity index (χ0) is 21.9. The molecule has 0 aromatic heterocycles. The Bertz CT molecular complexity index is 823. The number of benzene rings is 2. The largest absolute Gasteiger partial charge is 0.494 e. The van der Waals surface area contributed by atoms with E-state index in [1.807, 2.05) is 45.0 Å². The van der Waals surface area contributed by atoms with Crippen LogP contribution in [0.4, 0.5) is 0 Å². The number of aryl methyl sites for hydroxylation is 1. The van der Waals surface area contributed by atoms with Crippen molar-refractivity contribution in [1.82, 2.24) is 10.2 Å². The summed E-state index contributed by atoms with van der Waals surface area (Å²) in [5.74, 6) is 0.563. The van der Waals surface area contributed by atoms with Crippen molar-refractivity contribution in [2.24, 2.45) is 0 Å². The van der Waals surface area contributed by atoms with Crippen molar-refractivity contribution in [2.45, 2.75) is 52.6 Å². The lowest BCUT2D eigenvalue weighted by Gasteiger charge is -2.31. The van der Waals surface area contributed by atoms with Crippen molar-refractivity contribution in [1.29, 1.82) is 0 Å². The van der Waals surface area contributed by atoms with Gasteiger partial charge in [-0.05, 0) is 62.1 Å². The van der Waals surface area contributed by atoms with Crippen LogP contribution in [0.5, 0.6) is 5.75 Å². The molecule has 5 nitrogen and oxygen atoms in total. The zero-order valence-corrected chi connectivity index (χ0v) is 18.7. The predicted octanol–water partition coefficient (Wildman–Crippen LogP) is 4.75. The smallest absolute Gasteiger partial charge is 0.242 e. The highest BCUT2D eigenvalue weighted by molar-refractivity contribution is 6.30. The summed E-state index contributed by atoms with van der Waals surface area (Å²) in [4.78, 5) is 27.4. The van der Waals surface area contributed by atoms with Gasteiger partial charge in [-0.1, -0.05) is 42.8 Å². The van der Waals surface area contributed by atoms with Gasteiger partial charge >= 0.3 is 0 Å². The molecule has 0 saturated carbocycles. The number of halogens is 1. The number of carbonyl (C=O) groups excluding carboxylic acids is 2. The molecule has 6 heteroatoms. The third-order valence-corrected chi connectivity index (χ3v) is 5.21. The maximum atomic E-state index is 13.1. The molecule has 0 heterocycles. The van der Waals surface area contributed by atoms with Crippen LogP contribution in [0.2, 0.25) is 5.02 Å². The first-order chi connectivity index (χ1) is 14.5. The molecule has 0 radical (unpaired) electrons. The summed E-state index contributed by atoms with van der Waals surface area (Å²) in [5.41, 5.74) is 2.15. The van der Waals surface area contributed by atoms with Gasteiger partial charge in [-0.25, -0.2) is 0 Å². The number of ether oxygens (including phenoxy) is 1. The summed E-state index contributed by atoms with van der Waals surface area (Å²) in [6.07, 6.45) is 1.44. The monoisotopic (exact) mass is 430 g/mol. The summed E-state index contributed by atoms with van der Waals surface area (Å²) in [6.45, 7) is 7.21. The third kappa shape index (κ3) is 7.06. The van der Waals surface area contributed by atoms with E-state index >= 15 is 0 Å². The minimum atomic E-state index is -0.491. The fraction of sp³-hybridized carbons (Fsp3) is 0.417. The molecule has 1 atom stereocenters. The molecule has 0 spiro atoms. The maximum absolute atomic E-state index is 13.1. The molecular formula is C24H31ClN2O3. The summed E-state index contributed by atoms with van der Waals surface area (Å²) >= 11 is 5.88. The van der Waals surface area contributed by atoms with Crippen LogP contribution in [0.3, 0.4) is 0 Å². The Hall–Kier alpha value is -2.53. The van der Waals surface area contributed by atoms with Crippen LogP contribution >= 0.6 is 11.6 Å². The van der Waals surface area contributed by atoms with Gasteiger partial charge in [-0.2, -0.15) is 0 Å². The van der Waals surface area contributed by atoms with Crippen LogP contribution in [0.25, 0.3) is 0 Å². The molecule has 0 fully saturated rings. The van der Waals surface area contributed by atoms with Crippen molar-refractivity contribution < 1.29 is 14.3 Å². The normalized spacial score (nSPS) is 11.6. The Morgan fingerprint density at radius 2 is 1.80 bits per heavy atom. The van der Waals surface area contributed by atoms with Gasteiger partial charge in [-0.3, -0.25) is 9.59 Å². The van der Waals surface area contributed by atoms with E-state index in [4.69, 9.17) is 16.3 Å². The van der Waals surface area contributed by atoms with Gasteiger partial charge in [0.15, 0.2) is 0 Å². The van der Waals surface area contributed by atoms with E-state index in [9.17, 15) is 9.59 Å². The van der Waals surface area contributed by atoms with E-state index in [1.165, 1.54) is 0 Å². The fourth-order valence-electron chi connectivity index (χ4n) is 3.27. The number of likely N-dealkylation sites (N-methyl/N-ethyl adjacent to an activating group) is 1. The highest BCUT2D eigenvalue weighted by Crippen LogP contribution is 2.18. The van der Waals surface area contributed by atoms with Crippen LogP contribution in [-0.2, 0) is 16.1 Å². The second kappa shape index (κ2) is 12.2. The zero-order valence-electron chi connectivity index (χ0n) is 18.0. The number of hydrogen-bond acceptors (Lipinski definition) is 3. The molecule has 0 bridgehead atoms. The molecule has 2 rings (SSSR count). The van der Waals surface area contributed by atoms with Crippen LogP contribution < -0.4 is 10.1 Å². The summed E-state index contributed by atoms with van der Waals surface area (Å²) in [5, 5.41) is 3.51. The van der Waals surface area contributed by atoms with Crippen molar-refractivity contribution in [3.05, 3.63) is 64.7 Å². The standard InChI is InChI=1S/C24H31ClN2O3/c1-4-22(24(29)26-5-2)27(17-19-10-7-6-9-18(19)3)23(28)11-8-16-30-21-14-12-20(25)13-15-21/h6-7,9-10,12-15,22H,4-5,8,11,16-17H2,1-3H3,(H,26,29)/t22-/m0/s1. The van der Waals surface area contributed by atoms with Gasteiger partial charge in [0.05, 0.1) is 6.61 Å². The summed E-state index contributed by atoms with van der Waals surface area (Å²) in [6, 6.07) is 14.6. The Kier molecular flexibility index (Phi) is 9.68. The first-order valence-corrected chi connectivity index (χ1v) is 10.8. The molecule has 0 saturated heterocycles. The van der Waals surface area contributed by atoms with Crippen LogP contribution in [0, 0.1) is 6.92 Å². The lowest BCUT2D eigenvalue weighted by molar-refractivity contribution is -0.141. The number of nitrogens with zero attached hydrogens (tertiary/aromatic N) is 1. The average molecular weight is 431 g/mol. The number of rotatable bonds is 11. The molecule has 0 unspecified atom stereocenters. The molecule has 162 valence electrons. The highest BCUT2D eigenvalue weighted by atomic mass is 35.5. The van der Waals surface area contributed by atoms with Gasteiger partial charge in [0.2, 0.25) is 11.8 Å². The van der Waals surface area contributed by atoms with E-state index in [1.54, 1.807) is 29.2 Å². The summed E-state index contributed by atoms with van der Waals surface area (Å²) in [7, 11) is 0. The highest BCUT2D eigenvalue weighted by Gasteiger charge is 2.28. The Morgan fingerprint density at radius 3 is 2.43 bits per heavy atom. The van der Waals surface area contributed by atoms with E-state index in [0.717, 1.165) is 16.9 Å². The number of amides is 2. The lowest BCUT2D eigenvalue weighted by Crippen LogP contribution is -2.49. The van der Waals surface area contributed by atoms with Gasteiger partial charge < -0.3 is 15.0 Å². The predicted molar refractivity (Wildman–Crippen MR) is 121 cm³/mol. The average Bonchev–Trinajstić information content (AvgIpc) is 2.73. The number of nitrogens with one attached hydrogen (secondary N) is 1. The molecule has 2 amide bonds. The minimum absolute atomic E-state index is 0.0453. The maximum Gasteiger partial charge on any atom is 0.242 e. The molecule has 30 heavy (non-hydrogen) atoms. The SMILES string of the molecule is CCNC(=O)[C@H](CC)N(Cc1ccccc1C)C(=O)CCCOc1ccc(Cl)cc1. The lowest BCUT2D eigenvalue weighted by atomic mass is 10.1. The minimum Gasteiger partial charge on any atom is -0.494 e. The quantitative estimate of drug-likeness (QED) is 0.523. The van der Waals surface area contributed by atoms with Crippen LogP contribution in [-0.4, -0.2) is 35.9 Å². The number of hydrogen-bond donors (Lipinski definition) is 1. The van der Waals surface area contributed by atoms with Crippen molar-refractivity contribution in [3.8, 4) is 5.75 Å². The van der Waals surface area contributed by atoms with Gasteiger partial charge in [0, 0.05) is 24.5 Å². The Balaban J connectivity index is 2.04. The van der Waals surface area contributed by atoms with Crippen molar-refractivity contribution >= 4 is 23.4 Å². The first-order valence-electron chi connectivity index (χ1n) is 10.5. The summed E-state index contributed by atoms with van der Waals surface area (Å²) < 4.78 is 5.69. The second-order valence-electron chi connectivity index (χ2n) is 7.17. The van der Waals surface area contributed by atoms with Crippen LogP contribution in [0.1, 0.15) is 44.2 Å². The fourth-order valence-corrected chi connectivity index (χ4v) is 3.40. The van der Waals surface area contributed by atoms with E-state index in [2.05, 4.69) is 5.32 Å². The molecule has 0 aliphatic heterocycles. The molecule has 2 aromatic rings. The molecular weight excluding hydrogens is 400 g/mol.